The Morgan fingerprint density at radius 1 is 1.00 bits per heavy atom. The molecule has 0 saturated carbocycles. The van der Waals surface area contributed by atoms with Crippen molar-refractivity contribution in [2.24, 2.45) is 0 Å². The van der Waals surface area contributed by atoms with Crippen LogP contribution in [-0.2, 0) is 5.41 Å². The van der Waals surface area contributed by atoms with Crippen LogP contribution in [0.2, 0.25) is 0 Å². The van der Waals surface area contributed by atoms with Crippen molar-refractivity contribution >= 4 is 10.8 Å². The maximum atomic E-state index is 9.12. The van der Waals surface area contributed by atoms with Gasteiger partial charge in [0.2, 0.25) is 0 Å². The normalized spacial score (nSPS) is 12.3. The van der Waals surface area contributed by atoms with Gasteiger partial charge in [-0.1, -0.05) is 56.3 Å². The fraction of sp³-hybridized carbons (Fsp3) is 0.389. The number of hydrogen-bond acceptors (Lipinski definition) is 2. The monoisotopic (exact) mass is 266 g/mol. The second-order valence-electron chi connectivity index (χ2n) is 6.50. The van der Waals surface area contributed by atoms with Gasteiger partial charge in [0, 0.05) is 12.0 Å². The molecule has 104 valence electrons. The summed E-state index contributed by atoms with van der Waals surface area (Å²) < 4.78 is 0. The Morgan fingerprint density at radius 3 is 2.35 bits per heavy atom. The first-order chi connectivity index (χ1) is 9.36. The number of rotatable bonds is 4. The Balaban J connectivity index is 2.35. The van der Waals surface area contributed by atoms with Crippen LogP contribution in [0.1, 0.15) is 33.3 Å². The zero-order valence-corrected chi connectivity index (χ0v) is 12.7. The first kappa shape index (κ1) is 14.6. The smallest absolute Gasteiger partial charge is 0.101 e. The molecule has 0 spiro atoms. The average Bonchev–Trinajstić information content (AvgIpc) is 2.45. The van der Waals surface area contributed by atoms with Crippen molar-refractivity contribution in [3.8, 4) is 6.07 Å². The van der Waals surface area contributed by atoms with E-state index in [0.717, 1.165) is 6.54 Å². The highest BCUT2D eigenvalue weighted by molar-refractivity contribution is 5.86. The van der Waals surface area contributed by atoms with Gasteiger partial charge in [-0.15, -0.1) is 0 Å². The molecule has 0 aliphatic rings. The lowest BCUT2D eigenvalue weighted by molar-refractivity contribution is 0.399. The summed E-state index contributed by atoms with van der Waals surface area (Å²) in [6, 6.07) is 17.2. The van der Waals surface area contributed by atoms with Crippen molar-refractivity contribution in [1.82, 2.24) is 5.32 Å². The molecular weight excluding hydrogens is 244 g/mol. The van der Waals surface area contributed by atoms with Crippen LogP contribution < -0.4 is 5.32 Å². The van der Waals surface area contributed by atoms with Gasteiger partial charge < -0.3 is 0 Å². The minimum atomic E-state index is -0.498. The molecule has 0 fully saturated rings. The molecule has 2 rings (SSSR count). The van der Waals surface area contributed by atoms with Gasteiger partial charge >= 0.3 is 0 Å². The van der Waals surface area contributed by atoms with Gasteiger partial charge in [0.15, 0.2) is 0 Å². The summed E-state index contributed by atoms with van der Waals surface area (Å²) in [5.74, 6) is 0. The molecule has 0 saturated heterocycles. The molecule has 2 aromatic carbocycles. The fourth-order valence-corrected chi connectivity index (χ4v) is 2.39. The third-order valence-corrected chi connectivity index (χ3v) is 3.77. The minimum absolute atomic E-state index is 0.0328. The van der Waals surface area contributed by atoms with Crippen LogP contribution in [0.4, 0.5) is 0 Å². The Hall–Kier alpha value is -1.85. The highest BCUT2D eigenvalue weighted by Gasteiger charge is 2.26. The molecule has 0 atom stereocenters. The second kappa shape index (κ2) is 5.26. The van der Waals surface area contributed by atoms with E-state index in [1.807, 2.05) is 13.8 Å². The van der Waals surface area contributed by atoms with Gasteiger partial charge in [0.1, 0.15) is 5.54 Å². The van der Waals surface area contributed by atoms with Crippen molar-refractivity contribution < 1.29 is 0 Å². The number of nitrogens with one attached hydrogen (secondary N) is 1. The molecule has 0 unspecified atom stereocenters. The quantitative estimate of drug-likeness (QED) is 0.907. The van der Waals surface area contributed by atoms with E-state index in [9.17, 15) is 0 Å². The van der Waals surface area contributed by atoms with Crippen LogP contribution in [0.5, 0.6) is 0 Å². The molecular formula is C18H22N2. The van der Waals surface area contributed by atoms with E-state index in [1.54, 1.807) is 0 Å². The molecule has 0 amide bonds. The van der Waals surface area contributed by atoms with Crippen LogP contribution in [0.25, 0.3) is 10.8 Å². The van der Waals surface area contributed by atoms with E-state index in [2.05, 4.69) is 67.7 Å². The Labute approximate surface area is 121 Å². The average molecular weight is 266 g/mol. The Kier molecular flexibility index (Phi) is 3.83. The number of nitrogens with zero attached hydrogens (tertiary/aromatic N) is 1. The predicted octanol–water partition coefficient (Wildman–Crippen LogP) is 4.01. The van der Waals surface area contributed by atoms with E-state index in [-0.39, 0.29) is 5.41 Å². The number of fused-ring (bicyclic) bond motifs is 1. The summed E-state index contributed by atoms with van der Waals surface area (Å²) in [6.45, 7) is 9.02. The second-order valence-corrected chi connectivity index (χ2v) is 6.50. The number of nitriles is 1. The predicted molar refractivity (Wildman–Crippen MR) is 84.7 cm³/mol. The van der Waals surface area contributed by atoms with E-state index in [4.69, 9.17) is 5.26 Å². The van der Waals surface area contributed by atoms with Crippen LogP contribution >= 0.6 is 0 Å². The number of benzene rings is 2. The molecule has 2 nitrogen and oxygen atoms in total. The zero-order valence-electron chi connectivity index (χ0n) is 12.7. The molecule has 0 bridgehead atoms. The molecule has 2 aromatic rings. The molecule has 0 aromatic heterocycles. The number of hydrogen-bond donors (Lipinski definition) is 1. The van der Waals surface area contributed by atoms with Crippen molar-refractivity contribution in [2.75, 3.05) is 6.54 Å². The van der Waals surface area contributed by atoms with Gasteiger partial charge in [-0.25, -0.2) is 0 Å². The van der Waals surface area contributed by atoms with Crippen LogP contribution in [0, 0.1) is 11.3 Å². The SMILES string of the molecule is CC(C)(C#N)NCC(C)(C)c1cccc2ccccc12. The van der Waals surface area contributed by atoms with Crippen molar-refractivity contribution in [1.29, 1.82) is 5.26 Å². The Morgan fingerprint density at radius 2 is 1.65 bits per heavy atom. The van der Waals surface area contributed by atoms with E-state index in [1.165, 1.54) is 16.3 Å². The summed E-state index contributed by atoms with van der Waals surface area (Å²) >= 11 is 0. The molecule has 0 radical (unpaired) electrons. The fourth-order valence-electron chi connectivity index (χ4n) is 2.39. The van der Waals surface area contributed by atoms with Crippen LogP contribution in [-0.4, -0.2) is 12.1 Å². The highest BCUT2D eigenvalue weighted by Crippen LogP contribution is 2.30. The van der Waals surface area contributed by atoms with Crippen molar-refractivity contribution in [3.63, 3.8) is 0 Å². The van der Waals surface area contributed by atoms with Gasteiger partial charge in [-0.05, 0) is 30.2 Å². The molecule has 0 heterocycles. The third-order valence-electron chi connectivity index (χ3n) is 3.77. The van der Waals surface area contributed by atoms with Crippen LogP contribution in [0.15, 0.2) is 42.5 Å². The summed E-state index contributed by atoms with van der Waals surface area (Å²) in [4.78, 5) is 0. The first-order valence-corrected chi connectivity index (χ1v) is 7.00. The summed E-state index contributed by atoms with van der Waals surface area (Å²) in [5.41, 5.74) is 0.786. The van der Waals surface area contributed by atoms with E-state index >= 15 is 0 Å². The standard InChI is InChI=1S/C18H22N2/c1-17(2,13-20-18(3,4)12-19)16-11-7-9-14-8-5-6-10-15(14)16/h5-11,20H,13H2,1-4H3. The third kappa shape index (κ3) is 3.00. The summed E-state index contributed by atoms with van der Waals surface area (Å²) in [6.07, 6.45) is 0. The maximum Gasteiger partial charge on any atom is 0.101 e. The maximum absolute atomic E-state index is 9.12. The van der Waals surface area contributed by atoms with Crippen LogP contribution in [0.3, 0.4) is 0 Å². The van der Waals surface area contributed by atoms with E-state index < -0.39 is 5.54 Å². The zero-order chi connectivity index (χ0) is 14.8. The van der Waals surface area contributed by atoms with Gasteiger partial charge in [-0.2, -0.15) is 5.26 Å². The molecule has 1 N–H and O–H groups in total. The lowest BCUT2D eigenvalue weighted by atomic mass is 9.81. The molecule has 2 heteroatoms. The Bertz CT molecular complexity index is 643. The molecule has 0 aliphatic carbocycles. The highest BCUT2D eigenvalue weighted by atomic mass is 15.0. The van der Waals surface area contributed by atoms with Crippen molar-refractivity contribution in [3.05, 3.63) is 48.0 Å². The topological polar surface area (TPSA) is 35.8 Å². The van der Waals surface area contributed by atoms with Gasteiger partial charge in [0.05, 0.1) is 6.07 Å². The summed E-state index contributed by atoms with van der Waals surface area (Å²) in [7, 11) is 0. The lowest BCUT2D eigenvalue weighted by Crippen LogP contribution is -2.44. The largest absolute Gasteiger partial charge is 0.299 e. The van der Waals surface area contributed by atoms with Gasteiger partial charge in [-0.3, -0.25) is 5.32 Å². The molecule has 0 aliphatic heterocycles. The summed E-state index contributed by atoms with van der Waals surface area (Å²) in [5, 5.41) is 15.0. The lowest BCUT2D eigenvalue weighted by Gasteiger charge is -2.30. The molecule has 20 heavy (non-hydrogen) atoms. The van der Waals surface area contributed by atoms with Gasteiger partial charge in [0.25, 0.3) is 0 Å². The minimum Gasteiger partial charge on any atom is -0.299 e. The van der Waals surface area contributed by atoms with E-state index in [0.29, 0.717) is 0 Å². The first-order valence-electron chi connectivity index (χ1n) is 7.00. The van der Waals surface area contributed by atoms with Crippen molar-refractivity contribution in [2.45, 2.75) is 38.6 Å².